The molecule has 3 rings (SSSR count). The van der Waals surface area contributed by atoms with Crippen LogP contribution in [0.15, 0.2) is 42.6 Å². The lowest BCUT2D eigenvalue weighted by molar-refractivity contribution is -0.114. The van der Waals surface area contributed by atoms with Crippen LogP contribution < -0.4 is 16.0 Å². The minimum atomic E-state index is -0.212. The number of aromatic nitrogens is 1. The highest BCUT2D eigenvalue weighted by atomic mass is 16.2. The fourth-order valence-corrected chi connectivity index (χ4v) is 3.29. The van der Waals surface area contributed by atoms with Crippen molar-refractivity contribution in [2.75, 3.05) is 16.0 Å². The number of carbonyl (C=O) groups is 2. The van der Waals surface area contributed by atoms with Gasteiger partial charge >= 0.3 is 0 Å². The van der Waals surface area contributed by atoms with Gasteiger partial charge in [-0.3, -0.25) is 9.59 Å². The van der Waals surface area contributed by atoms with Crippen LogP contribution in [0.25, 0.3) is 0 Å². The molecule has 0 bridgehead atoms. The summed E-state index contributed by atoms with van der Waals surface area (Å²) in [5, 5.41) is 9.01. The molecule has 1 aromatic carbocycles. The van der Waals surface area contributed by atoms with Crippen LogP contribution in [0, 0.1) is 0 Å². The van der Waals surface area contributed by atoms with E-state index in [4.69, 9.17) is 0 Å². The van der Waals surface area contributed by atoms with Crippen LogP contribution in [0.4, 0.5) is 17.2 Å². The average molecular weight is 366 g/mol. The highest BCUT2D eigenvalue weighted by Crippen LogP contribution is 2.20. The maximum Gasteiger partial charge on any atom is 0.257 e. The predicted molar refractivity (Wildman–Crippen MR) is 108 cm³/mol. The Morgan fingerprint density at radius 1 is 0.889 bits per heavy atom. The molecule has 0 unspecified atom stereocenters. The van der Waals surface area contributed by atoms with E-state index in [0.717, 1.165) is 5.82 Å². The zero-order valence-corrected chi connectivity index (χ0v) is 15.6. The molecule has 1 heterocycles. The van der Waals surface area contributed by atoms with E-state index in [9.17, 15) is 9.59 Å². The van der Waals surface area contributed by atoms with Crippen molar-refractivity contribution >= 4 is 29.0 Å². The first kappa shape index (κ1) is 18.9. The van der Waals surface area contributed by atoms with Crippen LogP contribution in [0.5, 0.6) is 0 Å². The lowest BCUT2D eigenvalue weighted by Crippen LogP contribution is -2.19. The van der Waals surface area contributed by atoms with E-state index in [0.29, 0.717) is 23.0 Å². The van der Waals surface area contributed by atoms with E-state index in [2.05, 4.69) is 20.9 Å². The minimum absolute atomic E-state index is 0.129. The Balaban J connectivity index is 1.56. The number of amides is 2. The number of benzene rings is 1. The molecule has 0 atom stereocenters. The number of hydrogen-bond acceptors (Lipinski definition) is 4. The van der Waals surface area contributed by atoms with E-state index >= 15 is 0 Å². The van der Waals surface area contributed by atoms with E-state index in [1.807, 2.05) is 6.07 Å². The Morgan fingerprint density at radius 3 is 2.07 bits per heavy atom. The molecule has 6 nitrogen and oxygen atoms in total. The lowest BCUT2D eigenvalue weighted by atomic mass is 10.1. The summed E-state index contributed by atoms with van der Waals surface area (Å²) in [6.45, 7) is 1.46. The van der Waals surface area contributed by atoms with Crippen molar-refractivity contribution in [2.45, 2.75) is 51.5 Å². The summed E-state index contributed by atoms with van der Waals surface area (Å²) in [7, 11) is 0. The van der Waals surface area contributed by atoms with Crippen molar-refractivity contribution in [3.8, 4) is 0 Å². The Bertz CT molecular complexity index is 764. The molecule has 0 aliphatic heterocycles. The van der Waals surface area contributed by atoms with Gasteiger partial charge in [0.1, 0.15) is 5.82 Å². The van der Waals surface area contributed by atoms with E-state index in [-0.39, 0.29) is 11.8 Å². The van der Waals surface area contributed by atoms with E-state index in [1.165, 1.54) is 45.4 Å². The molecule has 1 saturated carbocycles. The van der Waals surface area contributed by atoms with Gasteiger partial charge in [0, 0.05) is 30.5 Å². The van der Waals surface area contributed by atoms with Crippen LogP contribution in [0.1, 0.15) is 55.8 Å². The molecular weight excluding hydrogens is 340 g/mol. The second-order valence-electron chi connectivity index (χ2n) is 6.98. The third-order valence-electron chi connectivity index (χ3n) is 4.70. The molecule has 142 valence electrons. The molecular formula is C21H26N4O2. The van der Waals surface area contributed by atoms with Crippen LogP contribution >= 0.6 is 0 Å². The van der Waals surface area contributed by atoms with Gasteiger partial charge in [-0.15, -0.1) is 0 Å². The molecule has 1 aliphatic carbocycles. The molecule has 1 fully saturated rings. The Labute approximate surface area is 159 Å². The van der Waals surface area contributed by atoms with Crippen molar-refractivity contribution in [3.63, 3.8) is 0 Å². The van der Waals surface area contributed by atoms with Gasteiger partial charge in [-0.25, -0.2) is 4.98 Å². The molecule has 6 heteroatoms. The van der Waals surface area contributed by atoms with E-state index in [1.54, 1.807) is 36.5 Å². The zero-order chi connectivity index (χ0) is 19.1. The van der Waals surface area contributed by atoms with Crippen LogP contribution in [0.3, 0.4) is 0 Å². The van der Waals surface area contributed by atoms with Crippen molar-refractivity contribution in [1.82, 2.24) is 4.98 Å². The maximum absolute atomic E-state index is 12.4. The first-order chi connectivity index (χ1) is 13.1. The SMILES string of the molecule is CC(=O)Nc1ccc(NC(=O)c2ccc(NC3CCCCCC3)nc2)cc1. The van der Waals surface area contributed by atoms with Crippen molar-refractivity contribution in [3.05, 3.63) is 48.2 Å². The number of carbonyl (C=O) groups excluding carboxylic acids is 2. The van der Waals surface area contributed by atoms with Crippen molar-refractivity contribution < 1.29 is 9.59 Å². The van der Waals surface area contributed by atoms with Crippen molar-refractivity contribution in [2.24, 2.45) is 0 Å². The van der Waals surface area contributed by atoms with Gasteiger partial charge in [-0.2, -0.15) is 0 Å². The second kappa shape index (κ2) is 9.16. The molecule has 2 amide bonds. The molecule has 0 saturated heterocycles. The van der Waals surface area contributed by atoms with Crippen LogP contribution in [-0.2, 0) is 4.79 Å². The smallest absolute Gasteiger partial charge is 0.257 e. The highest BCUT2D eigenvalue weighted by Gasteiger charge is 2.13. The summed E-state index contributed by atoms with van der Waals surface area (Å²) in [6.07, 6.45) is 9.11. The summed E-state index contributed by atoms with van der Waals surface area (Å²) in [5.41, 5.74) is 1.86. The van der Waals surface area contributed by atoms with Crippen LogP contribution in [-0.4, -0.2) is 22.8 Å². The fraction of sp³-hybridized carbons (Fsp3) is 0.381. The molecule has 1 aromatic heterocycles. The van der Waals surface area contributed by atoms with Crippen molar-refractivity contribution in [1.29, 1.82) is 0 Å². The third kappa shape index (κ3) is 5.81. The molecule has 0 spiro atoms. The first-order valence-corrected chi connectivity index (χ1v) is 9.52. The van der Waals surface area contributed by atoms with Gasteiger partial charge in [0.15, 0.2) is 0 Å². The normalized spacial score (nSPS) is 14.9. The Hall–Kier alpha value is -2.89. The van der Waals surface area contributed by atoms with Crippen LogP contribution in [0.2, 0.25) is 0 Å². The number of rotatable bonds is 5. The summed E-state index contributed by atoms with van der Waals surface area (Å²) < 4.78 is 0. The van der Waals surface area contributed by atoms with E-state index < -0.39 is 0 Å². The second-order valence-corrected chi connectivity index (χ2v) is 6.98. The fourth-order valence-electron chi connectivity index (χ4n) is 3.29. The Morgan fingerprint density at radius 2 is 1.52 bits per heavy atom. The first-order valence-electron chi connectivity index (χ1n) is 9.52. The number of nitrogens with one attached hydrogen (secondary N) is 3. The van der Waals surface area contributed by atoms with Gasteiger partial charge in [-0.05, 0) is 49.2 Å². The lowest BCUT2D eigenvalue weighted by Gasteiger charge is -2.16. The zero-order valence-electron chi connectivity index (χ0n) is 15.6. The topological polar surface area (TPSA) is 83.1 Å². The molecule has 0 radical (unpaired) electrons. The monoisotopic (exact) mass is 366 g/mol. The standard InChI is InChI=1S/C21H26N4O2/c1-15(26)23-18-9-11-19(12-10-18)25-21(27)16-8-13-20(22-14-16)24-17-6-4-2-3-5-7-17/h8-14,17H,2-7H2,1H3,(H,22,24)(H,23,26)(H,25,27). The van der Waals surface area contributed by atoms with Gasteiger partial charge < -0.3 is 16.0 Å². The van der Waals surface area contributed by atoms with Gasteiger partial charge in [0.2, 0.25) is 5.91 Å². The third-order valence-corrected chi connectivity index (χ3v) is 4.70. The number of anilines is 3. The van der Waals surface area contributed by atoms with Gasteiger partial charge in [0.25, 0.3) is 5.91 Å². The maximum atomic E-state index is 12.4. The largest absolute Gasteiger partial charge is 0.367 e. The molecule has 1 aliphatic rings. The quantitative estimate of drug-likeness (QED) is 0.684. The summed E-state index contributed by atoms with van der Waals surface area (Å²) in [5.74, 6) is 0.476. The van der Waals surface area contributed by atoms with Gasteiger partial charge in [0.05, 0.1) is 5.56 Å². The summed E-state index contributed by atoms with van der Waals surface area (Å²) >= 11 is 0. The van der Waals surface area contributed by atoms with Gasteiger partial charge in [-0.1, -0.05) is 25.7 Å². The number of pyridine rings is 1. The Kier molecular flexibility index (Phi) is 6.41. The molecule has 3 N–H and O–H groups in total. The summed E-state index contributed by atoms with van der Waals surface area (Å²) in [6, 6.07) is 11.1. The molecule has 2 aromatic rings. The highest BCUT2D eigenvalue weighted by molar-refractivity contribution is 6.04. The number of hydrogen-bond donors (Lipinski definition) is 3. The average Bonchev–Trinajstić information content (AvgIpc) is 2.92. The predicted octanol–water partition coefficient (Wildman–Crippen LogP) is 4.43. The number of nitrogens with zero attached hydrogens (tertiary/aromatic N) is 1. The molecule has 27 heavy (non-hydrogen) atoms. The summed E-state index contributed by atoms with van der Waals surface area (Å²) in [4.78, 5) is 27.8. The minimum Gasteiger partial charge on any atom is -0.367 e.